The quantitative estimate of drug-likeness (QED) is 0.716. The first-order valence-electron chi connectivity index (χ1n) is 6.69. The van der Waals surface area contributed by atoms with Crippen molar-refractivity contribution >= 4 is 17.7 Å². The van der Waals surface area contributed by atoms with Crippen LogP contribution in [0.1, 0.15) is 47.5 Å². The van der Waals surface area contributed by atoms with Crippen molar-refractivity contribution in [2.45, 2.75) is 53.1 Å². The highest BCUT2D eigenvalue weighted by Crippen LogP contribution is 2.35. The van der Waals surface area contributed by atoms with Crippen LogP contribution in [-0.2, 0) is 4.74 Å². The monoisotopic (exact) mass is 275 g/mol. The lowest BCUT2D eigenvalue weighted by atomic mass is 9.76. The summed E-state index contributed by atoms with van der Waals surface area (Å²) in [5.41, 5.74) is -0.353. The van der Waals surface area contributed by atoms with Crippen LogP contribution in [0.2, 0.25) is 0 Å². The molecule has 3 nitrogen and oxygen atoms in total. The van der Waals surface area contributed by atoms with E-state index in [0.717, 1.165) is 25.9 Å². The van der Waals surface area contributed by atoms with E-state index in [1.807, 2.05) is 25.7 Å². The van der Waals surface area contributed by atoms with Crippen molar-refractivity contribution in [3.05, 3.63) is 0 Å². The molecule has 1 aliphatic rings. The van der Waals surface area contributed by atoms with E-state index in [9.17, 15) is 4.79 Å². The van der Waals surface area contributed by atoms with Crippen LogP contribution in [0.5, 0.6) is 0 Å². The number of carbonyl (C=O) groups excluding carboxylic acids is 1. The summed E-state index contributed by atoms with van der Waals surface area (Å²) in [6.45, 7) is 11.6. The summed E-state index contributed by atoms with van der Waals surface area (Å²) in [5.74, 6) is 1.08. The molecule has 1 unspecified atom stereocenters. The predicted molar refractivity (Wildman–Crippen MR) is 75.0 cm³/mol. The first kappa shape index (κ1) is 15.6. The fraction of sp³-hybridized carbons (Fsp3) is 0.929. The first-order chi connectivity index (χ1) is 8.15. The maximum Gasteiger partial charge on any atom is 0.410 e. The number of ether oxygens (including phenoxy) is 1. The Kier molecular flexibility index (Phi) is 4.93. The van der Waals surface area contributed by atoms with Gasteiger partial charge in [0.25, 0.3) is 0 Å². The van der Waals surface area contributed by atoms with Gasteiger partial charge in [-0.2, -0.15) is 0 Å². The number of rotatable bonds is 2. The van der Waals surface area contributed by atoms with Gasteiger partial charge in [-0.15, -0.1) is 11.6 Å². The van der Waals surface area contributed by atoms with Crippen LogP contribution in [0, 0.1) is 11.3 Å². The van der Waals surface area contributed by atoms with Crippen molar-refractivity contribution in [1.82, 2.24) is 4.90 Å². The molecule has 1 atom stereocenters. The second-order valence-electron chi connectivity index (χ2n) is 6.89. The van der Waals surface area contributed by atoms with E-state index in [1.165, 1.54) is 0 Å². The molecule has 0 saturated carbocycles. The molecule has 0 spiro atoms. The van der Waals surface area contributed by atoms with E-state index < -0.39 is 5.60 Å². The number of nitrogens with zero attached hydrogens (tertiary/aromatic N) is 1. The molecule has 1 saturated heterocycles. The van der Waals surface area contributed by atoms with Crippen molar-refractivity contribution in [3.8, 4) is 0 Å². The summed E-state index contributed by atoms with van der Waals surface area (Å²) in [7, 11) is 0. The minimum absolute atomic E-state index is 0.0717. The fourth-order valence-corrected chi connectivity index (χ4v) is 2.43. The van der Waals surface area contributed by atoms with Gasteiger partial charge in [0.15, 0.2) is 0 Å². The van der Waals surface area contributed by atoms with Crippen LogP contribution < -0.4 is 0 Å². The normalized spacial score (nSPS) is 21.9. The van der Waals surface area contributed by atoms with Crippen LogP contribution in [0.15, 0.2) is 0 Å². The van der Waals surface area contributed by atoms with Gasteiger partial charge in [0.05, 0.1) is 0 Å². The highest BCUT2D eigenvalue weighted by atomic mass is 35.5. The average Bonchev–Trinajstić information content (AvgIpc) is 2.27. The van der Waals surface area contributed by atoms with Gasteiger partial charge in [-0.3, -0.25) is 0 Å². The fourth-order valence-electron chi connectivity index (χ4n) is 2.22. The van der Waals surface area contributed by atoms with Gasteiger partial charge >= 0.3 is 6.09 Å². The Balaban J connectivity index is 2.61. The number of piperidine rings is 1. The standard InChI is InChI=1S/C14H26ClNO2/c1-13(2,3)18-12(17)16-8-6-7-11(9-16)14(4,5)10-15/h11H,6-10H2,1-5H3. The van der Waals surface area contributed by atoms with E-state index in [-0.39, 0.29) is 11.5 Å². The molecule has 18 heavy (non-hydrogen) atoms. The number of hydrogen-bond acceptors (Lipinski definition) is 2. The zero-order chi connectivity index (χ0) is 14.0. The highest BCUT2D eigenvalue weighted by Gasteiger charge is 2.35. The minimum Gasteiger partial charge on any atom is -0.444 e. The van der Waals surface area contributed by atoms with Gasteiger partial charge in [0.2, 0.25) is 0 Å². The Morgan fingerprint density at radius 1 is 1.33 bits per heavy atom. The van der Waals surface area contributed by atoms with Crippen molar-refractivity contribution in [3.63, 3.8) is 0 Å². The molecule has 0 aromatic carbocycles. The molecule has 0 radical (unpaired) electrons. The van der Waals surface area contributed by atoms with Crippen LogP contribution in [0.4, 0.5) is 4.79 Å². The third kappa shape index (κ3) is 4.34. The molecule has 0 aromatic rings. The Morgan fingerprint density at radius 3 is 2.44 bits per heavy atom. The molecule has 0 aromatic heterocycles. The molecule has 1 aliphatic heterocycles. The molecular weight excluding hydrogens is 250 g/mol. The van der Waals surface area contributed by atoms with Crippen molar-refractivity contribution in [2.24, 2.45) is 11.3 Å². The number of halogens is 1. The predicted octanol–water partition coefficient (Wildman–Crippen LogP) is 3.90. The Morgan fingerprint density at radius 2 is 1.94 bits per heavy atom. The van der Waals surface area contributed by atoms with Crippen molar-refractivity contribution in [1.29, 1.82) is 0 Å². The van der Waals surface area contributed by atoms with Gasteiger partial charge < -0.3 is 9.64 Å². The molecule has 4 heteroatoms. The van der Waals surface area contributed by atoms with Crippen LogP contribution in [-0.4, -0.2) is 35.6 Å². The Bertz CT molecular complexity index is 297. The molecular formula is C14H26ClNO2. The molecule has 0 bridgehead atoms. The molecule has 1 amide bonds. The topological polar surface area (TPSA) is 29.5 Å². The van der Waals surface area contributed by atoms with E-state index >= 15 is 0 Å². The van der Waals surface area contributed by atoms with E-state index in [4.69, 9.17) is 16.3 Å². The smallest absolute Gasteiger partial charge is 0.410 e. The van der Waals surface area contributed by atoms with E-state index in [2.05, 4.69) is 13.8 Å². The SMILES string of the molecule is CC(C)(C)OC(=O)N1CCCC(C(C)(C)CCl)C1. The number of alkyl halides is 1. The van der Waals surface area contributed by atoms with Crippen molar-refractivity contribution in [2.75, 3.05) is 19.0 Å². The summed E-state index contributed by atoms with van der Waals surface area (Å²) in [5, 5.41) is 0. The number of carbonyl (C=O) groups is 1. The highest BCUT2D eigenvalue weighted by molar-refractivity contribution is 6.18. The minimum atomic E-state index is -0.425. The van der Waals surface area contributed by atoms with Gasteiger partial charge in [-0.05, 0) is 44.9 Å². The largest absolute Gasteiger partial charge is 0.444 e. The third-order valence-electron chi connectivity index (χ3n) is 3.52. The maximum absolute atomic E-state index is 12.0. The molecule has 1 fully saturated rings. The number of likely N-dealkylation sites (tertiary alicyclic amines) is 1. The van der Waals surface area contributed by atoms with Gasteiger partial charge in [-0.25, -0.2) is 4.79 Å². The van der Waals surface area contributed by atoms with Crippen LogP contribution in [0.3, 0.4) is 0 Å². The maximum atomic E-state index is 12.0. The Hall–Kier alpha value is -0.440. The van der Waals surface area contributed by atoms with Crippen molar-refractivity contribution < 1.29 is 9.53 Å². The second kappa shape index (κ2) is 5.68. The lowest BCUT2D eigenvalue weighted by Crippen LogP contribution is -2.46. The van der Waals surface area contributed by atoms with Gasteiger partial charge in [0.1, 0.15) is 5.60 Å². The summed E-state index contributed by atoms with van der Waals surface area (Å²) in [4.78, 5) is 13.9. The van der Waals surface area contributed by atoms with Gasteiger partial charge in [-0.1, -0.05) is 13.8 Å². The number of hydrogen-bond donors (Lipinski definition) is 0. The zero-order valence-corrected chi connectivity index (χ0v) is 13.0. The zero-order valence-electron chi connectivity index (χ0n) is 12.3. The first-order valence-corrected chi connectivity index (χ1v) is 7.23. The summed E-state index contributed by atoms with van der Waals surface area (Å²) >= 11 is 6.03. The second-order valence-corrected chi connectivity index (χ2v) is 7.15. The average molecular weight is 276 g/mol. The molecule has 106 valence electrons. The molecule has 0 N–H and O–H groups in total. The third-order valence-corrected chi connectivity index (χ3v) is 4.21. The summed E-state index contributed by atoms with van der Waals surface area (Å²) in [6.07, 6.45) is 1.97. The van der Waals surface area contributed by atoms with E-state index in [1.54, 1.807) is 0 Å². The summed E-state index contributed by atoms with van der Waals surface area (Å²) < 4.78 is 5.43. The van der Waals surface area contributed by atoms with Gasteiger partial charge in [0, 0.05) is 19.0 Å². The van der Waals surface area contributed by atoms with E-state index in [0.29, 0.717) is 11.8 Å². The molecule has 0 aliphatic carbocycles. The number of amides is 1. The molecule has 1 heterocycles. The Labute approximate surface area is 116 Å². The lowest BCUT2D eigenvalue weighted by molar-refractivity contribution is 0.00906. The lowest BCUT2D eigenvalue weighted by Gasteiger charge is -2.40. The van der Waals surface area contributed by atoms with Crippen LogP contribution >= 0.6 is 11.6 Å². The summed E-state index contributed by atoms with van der Waals surface area (Å²) in [6, 6.07) is 0. The molecule has 1 rings (SSSR count). The van der Waals surface area contributed by atoms with Crippen LogP contribution in [0.25, 0.3) is 0 Å².